The van der Waals surface area contributed by atoms with Crippen molar-refractivity contribution in [2.75, 3.05) is 19.7 Å². The quantitative estimate of drug-likeness (QED) is 0.341. The Labute approximate surface area is 298 Å². The van der Waals surface area contributed by atoms with E-state index in [1.165, 1.54) is 32.6 Å². The summed E-state index contributed by atoms with van der Waals surface area (Å²) in [5.74, 6) is 1.05. The van der Waals surface area contributed by atoms with E-state index in [9.17, 15) is 15.0 Å². The Bertz CT molecular complexity index is 1440. The molecule has 1 aromatic rings. The molecule has 2 saturated heterocycles. The van der Waals surface area contributed by atoms with E-state index in [1.807, 2.05) is 0 Å². The summed E-state index contributed by atoms with van der Waals surface area (Å²) in [6.07, 6.45) is 9.65. The van der Waals surface area contributed by atoms with Crippen molar-refractivity contribution in [3.05, 3.63) is 18.4 Å². The van der Waals surface area contributed by atoms with Crippen LogP contribution in [0.3, 0.4) is 0 Å². The molecule has 0 aromatic carbocycles. The molecular formula is C40H62N2O8. The highest BCUT2D eigenvalue weighted by molar-refractivity contribution is 5.66. The number of fused-ring (bicyclic) bond motifs is 4. The third kappa shape index (κ3) is 4.93. The topological polar surface area (TPSA) is 124 Å². The summed E-state index contributed by atoms with van der Waals surface area (Å²) in [5.41, 5.74) is -0.123. The zero-order valence-corrected chi connectivity index (χ0v) is 31.7. The molecule has 2 aliphatic heterocycles. The average Bonchev–Trinajstić information content (AvgIpc) is 3.33. The molecule has 10 nitrogen and oxygen atoms in total. The zero-order valence-electron chi connectivity index (χ0n) is 31.7. The second kappa shape index (κ2) is 11.7. The van der Waals surface area contributed by atoms with Crippen LogP contribution in [0.15, 0.2) is 17.1 Å². The lowest BCUT2D eigenvalue weighted by Gasteiger charge is -2.64. The van der Waals surface area contributed by atoms with Crippen LogP contribution in [0.5, 0.6) is 0 Å². The van der Waals surface area contributed by atoms with Crippen LogP contribution in [0.4, 0.5) is 0 Å². The van der Waals surface area contributed by atoms with E-state index in [-0.39, 0.29) is 52.0 Å². The predicted octanol–water partition coefficient (Wildman–Crippen LogP) is 5.73. The van der Waals surface area contributed by atoms with Crippen LogP contribution in [0.2, 0.25) is 0 Å². The highest BCUT2D eigenvalue weighted by atomic mass is 16.7. The van der Waals surface area contributed by atoms with Crippen LogP contribution in [0, 0.1) is 50.7 Å². The Morgan fingerprint density at radius 1 is 1.12 bits per heavy atom. The van der Waals surface area contributed by atoms with Crippen molar-refractivity contribution in [2.24, 2.45) is 50.7 Å². The first-order valence-corrected chi connectivity index (χ1v) is 19.6. The van der Waals surface area contributed by atoms with Crippen molar-refractivity contribution in [1.82, 2.24) is 9.88 Å². The molecule has 10 heteroatoms. The van der Waals surface area contributed by atoms with Gasteiger partial charge >= 0.3 is 5.97 Å². The molecule has 0 bridgehead atoms. The minimum atomic E-state index is -1.26. The van der Waals surface area contributed by atoms with Crippen LogP contribution in [0.25, 0.3) is 0 Å². The third-order valence-corrected chi connectivity index (χ3v) is 16.4. The standard InChI is InChI=1S/C40H62N2O8/c1-23-17-26(34(36(5,6)45)48-24(2)43)49-32-31(23)37(7)13-14-40-21-39(40)12-11-29(35(3,4)27(39)9-10-28(40)38(37,8)33(32)44)50-30-19-42(15-16-47-30)18-25-20-46-22-41-25/h20,22-23,26-34,44-45H,9-19,21H2,1-8H3/t23-,26?,27+,28?,29+,30?,31+,32?,33+,34+,37?,38-,39?,40?/m1/s1. The Morgan fingerprint density at radius 2 is 1.86 bits per heavy atom. The monoisotopic (exact) mass is 698 g/mol. The highest BCUT2D eigenvalue weighted by Gasteiger charge is 2.84. The molecule has 7 aliphatic rings. The number of rotatable bonds is 7. The van der Waals surface area contributed by atoms with Gasteiger partial charge in [0.25, 0.3) is 0 Å². The van der Waals surface area contributed by atoms with Gasteiger partial charge < -0.3 is 33.6 Å². The third-order valence-electron chi connectivity index (χ3n) is 16.4. The molecule has 0 amide bonds. The van der Waals surface area contributed by atoms with Gasteiger partial charge in [-0.2, -0.15) is 0 Å². The first-order valence-electron chi connectivity index (χ1n) is 19.6. The molecule has 5 aliphatic carbocycles. The number of carbonyl (C=O) groups is 1. The summed E-state index contributed by atoms with van der Waals surface area (Å²) >= 11 is 0. The number of oxazole rings is 1. The fraction of sp³-hybridized carbons (Fsp3) is 0.900. The van der Waals surface area contributed by atoms with Gasteiger partial charge in [-0.05, 0) is 111 Å². The fourth-order valence-electron chi connectivity index (χ4n) is 14.2. The van der Waals surface area contributed by atoms with Gasteiger partial charge in [0.05, 0.1) is 48.9 Å². The maximum absolute atomic E-state index is 12.6. The fourth-order valence-corrected chi connectivity index (χ4v) is 14.2. The summed E-state index contributed by atoms with van der Waals surface area (Å²) in [6.45, 7) is 19.8. The number of carbonyl (C=O) groups excluding carboxylic acids is 1. The Kier molecular flexibility index (Phi) is 8.31. The van der Waals surface area contributed by atoms with Crippen molar-refractivity contribution in [2.45, 2.75) is 156 Å². The summed E-state index contributed by atoms with van der Waals surface area (Å²) in [6, 6.07) is 0. The lowest BCUT2D eigenvalue weighted by atomic mass is 9.41. The Hall–Kier alpha value is -1.56. The van der Waals surface area contributed by atoms with Crippen molar-refractivity contribution >= 4 is 5.97 Å². The van der Waals surface area contributed by atoms with Crippen LogP contribution in [-0.2, 0) is 30.3 Å². The summed E-state index contributed by atoms with van der Waals surface area (Å²) in [5, 5.41) is 23.6. The number of morpholine rings is 1. The summed E-state index contributed by atoms with van der Waals surface area (Å²) < 4.78 is 30.9. The minimum absolute atomic E-state index is 0.0159. The number of esters is 1. The second-order valence-electron chi connectivity index (χ2n) is 19.4. The van der Waals surface area contributed by atoms with Crippen molar-refractivity contribution < 1.29 is 38.4 Å². The van der Waals surface area contributed by atoms with E-state index in [1.54, 1.807) is 20.1 Å². The number of ether oxygens (including phenoxy) is 4. The maximum atomic E-state index is 12.6. The molecule has 2 N–H and O–H groups in total. The zero-order chi connectivity index (χ0) is 35.6. The molecule has 2 spiro atoms. The molecular weight excluding hydrogens is 636 g/mol. The first-order chi connectivity index (χ1) is 23.5. The largest absolute Gasteiger partial charge is 0.457 e. The predicted molar refractivity (Wildman–Crippen MR) is 184 cm³/mol. The van der Waals surface area contributed by atoms with Gasteiger partial charge in [-0.15, -0.1) is 0 Å². The van der Waals surface area contributed by atoms with Crippen LogP contribution >= 0.6 is 0 Å². The van der Waals surface area contributed by atoms with Gasteiger partial charge in [-0.3, -0.25) is 9.69 Å². The molecule has 5 saturated carbocycles. The van der Waals surface area contributed by atoms with Crippen molar-refractivity contribution in [3.8, 4) is 0 Å². The van der Waals surface area contributed by atoms with Gasteiger partial charge in [0, 0.05) is 25.4 Å². The van der Waals surface area contributed by atoms with Crippen molar-refractivity contribution in [3.63, 3.8) is 0 Å². The van der Waals surface area contributed by atoms with Gasteiger partial charge in [0.1, 0.15) is 6.26 Å². The Balaban J connectivity index is 1.01. The number of nitrogens with zero attached hydrogens (tertiary/aromatic N) is 2. The average molecular weight is 699 g/mol. The maximum Gasteiger partial charge on any atom is 0.303 e. The minimum Gasteiger partial charge on any atom is -0.457 e. The summed E-state index contributed by atoms with van der Waals surface area (Å²) in [4.78, 5) is 18.8. The molecule has 1 aromatic heterocycles. The Morgan fingerprint density at radius 3 is 2.56 bits per heavy atom. The van der Waals surface area contributed by atoms with Crippen molar-refractivity contribution in [1.29, 1.82) is 0 Å². The van der Waals surface area contributed by atoms with E-state index in [0.29, 0.717) is 30.3 Å². The molecule has 8 rings (SSSR count). The van der Waals surface area contributed by atoms with Gasteiger partial charge in [-0.25, -0.2) is 4.98 Å². The molecule has 3 heterocycles. The van der Waals surface area contributed by atoms with Crippen LogP contribution < -0.4 is 0 Å². The van der Waals surface area contributed by atoms with E-state index in [2.05, 4.69) is 44.5 Å². The molecule has 50 heavy (non-hydrogen) atoms. The molecule has 0 radical (unpaired) electrons. The van der Waals surface area contributed by atoms with E-state index in [0.717, 1.165) is 51.0 Å². The smallest absolute Gasteiger partial charge is 0.303 e. The van der Waals surface area contributed by atoms with E-state index < -0.39 is 29.9 Å². The number of aliphatic hydroxyl groups is 2. The normalized spacial score (nSPS) is 48.7. The lowest BCUT2D eigenvalue weighted by Crippen LogP contribution is -2.60. The van der Waals surface area contributed by atoms with Crippen LogP contribution in [0.1, 0.15) is 112 Å². The van der Waals surface area contributed by atoms with Gasteiger partial charge in [0.15, 0.2) is 18.8 Å². The highest BCUT2D eigenvalue weighted by Crippen LogP contribution is 2.89. The second-order valence-corrected chi connectivity index (χ2v) is 19.4. The molecule has 280 valence electrons. The lowest BCUT2D eigenvalue weighted by molar-refractivity contribution is -0.249. The molecule has 7 fully saturated rings. The number of hydrogen-bond donors (Lipinski definition) is 2. The van der Waals surface area contributed by atoms with E-state index >= 15 is 0 Å². The first kappa shape index (κ1) is 35.5. The number of aliphatic hydroxyl groups excluding tert-OH is 1. The van der Waals surface area contributed by atoms with Gasteiger partial charge in [-0.1, -0.05) is 34.6 Å². The SMILES string of the molecule is CC(=O)O[C@@H](C1C[C@@H](C)[C@H]2C(O1)[C@H](O)[C@@]1(C)C3CC[C@H]4C(C)(C)[C@@H](OC5CN(Cc6cocn6)CCO5)CCC45CC35CCC21C)C(C)(C)O. The molecule has 7 unspecified atom stereocenters. The van der Waals surface area contributed by atoms with E-state index in [4.69, 9.17) is 23.4 Å². The molecule has 14 atom stereocenters. The number of hydrogen-bond acceptors (Lipinski definition) is 10. The summed E-state index contributed by atoms with van der Waals surface area (Å²) in [7, 11) is 0. The van der Waals surface area contributed by atoms with Crippen LogP contribution in [-0.4, -0.2) is 88.2 Å². The van der Waals surface area contributed by atoms with Gasteiger partial charge in [0.2, 0.25) is 0 Å². The number of aromatic nitrogens is 1.